The molecule has 2 heterocycles. The maximum atomic E-state index is 5.02. The minimum Gasteiger partial charge on any atom is -0.395 e. The second-order valence-electron chi connectivity index (χ2n) is 2.74. The van der Waals surface area contributed by atoms with Crippen molar-refractivity contribution in [3.8, 4) is 0 Å². The van der Waals surface area contributed by atoms with Crippen molar-refractivity contribution < 1.29 is 4.84 Å². The zero-order valence-corrected chi connectivity index (χ0v) is 6.86. The summed E-state index contributed by atoms with van der Waals surface area (Å²) in [6.07, 6.45) is 1.20. The van der Waals surface area contributed by atoms with Crippen LogP contribution in [0.4, 0.5) is 0 Å². The van der Waals surface area contributed by atoms with Crippen molar-refractivity contribution in [2.24, 2.45) is 11.1 Å². The highest BCUT2D eigenvalue weighted by Gasteiger charge is 2.35. The van der Waals surface area contributed by atoms with E-state index in [2.05, 4.69) is 12.1 Å². The molecule has 0 aromatic heterocycles. The third-order valence-electron chi connectivity index (χ3n) is 2.06. The predicted molar refractivity (Wildman–Crippen MR) is 43.4 cm³/mol. The second kappa shape index (κ2) is 2.46. The van der Waals surface area contributed by atoms with Gasteiger partial charge in [-0.25, -0.2) is 0 Å². The minimum atomic E-state index is 0.648. The van der Waals surface area contributed by atoms with Crippen molar-refractivity contribution in [3.05, 3.63) is 0 Å². The fourth-order valence-corrected chi connectivity index (χ4v) is 2.84. The highest BCUT2D eigenvalue weighted by Crippen LogP contribution is 2.34. The first-order valence-corrected chi connectivity index (χ1v) is 4.78. The Morgan fingerprint density at radius 1 is 1.80 bits per heavy atom. The Balaban J connectivity index is 2.14. The van der Waals surface area contributed by atoms with Crippen LogP contribution in [0.1, 0.15) is 13.3 Å². The Kier molecular flexibility index (Phi) is 1.60. The molecular weight excluding hydrogens is 146 g/mol. The van der Waals surface area contributed by atoms with Gasteiger partial charge < -0.3 is 4.84 Å². The maximum Gasteiger partial charge on any atom is 0.126 e. The van der Waals surface area contributed by atoms with Gasteiger partial charge in [0.15, 0.2) is 0 Å². The first-order valence-electron chi connectivity index (χ1n) is 3.73. The Bertz CT molecular complexity index is 169. The summed E-state index contributed by atoms with van der Waals surface area (Å²) in [7, 11) is 0. The number of nitrogens with zero attached hydrogens (tertiary/aromatic N) is 1. The molecule has 3 heteroatoms. The monoisotopic (exact) mass is 157 g/mol. The quantitative estimate of drug-likeness (QED) is 0.575. The van der Waals surface area contributed by atoms with E-state index in [1.165, 1.54) is 17.9 Å². The van der Waals surface area contributed by atoms with Crippen LogP contribution >= 0.6 is 11.8 Å². The van der Waals surface area contributed by atoms with Crippen molar-refractivity contribution in [3.63, 3.8) is 0 Å². The van der Waals surface area contributed by atoms with E-state index in [4.69, 9.17) is 4.84 Å². The van der Waals surface area contributed by atoms with E-state index in [1.54, 1.807) is 0 Å². The highest BCUT2D eigenvalue weighted by atomic mass is 32.2. The van der Waals surface area contributed by atoms with Gasteiger partial charge in [0.2, 0.25) is 0 Å². The standard InChI is InChI=1S/C7H11NOS/c1-2-6-7-5(4-10-6)3-9-8-7/h5-6H,2-4H2,1H3. The summed E-state index contributed by atoms with van der Waals surface area (Å²) in [5, 5.41) is 4.71. The van der Waals surface area contributed by atoms with Gasteiger partial charge in [0.1, 0.15) is 6.61 Å². The molecule has 2 atom stereocenters. The lowest BCUT2D eigenvalue weighted by molar-refractivity contribution is 0.158. The highest BCUT2D eigenvalue weighted by molar-refractivity contribution is 8.01. The molecule has 0 saturated carbocycles. The third kappa shape index (κ3) is 0.839. The van der Waals surface area contributed by atoms with Crippen LogP contribution in [0.2, 0.25) is 0 Å². The van der Waals surface area contributed by atoms with Crippen LogP contribution in [0, 0.1) is 5.92 Å². The van der Waals surface area contributed by atoms with E-state index in [0.717, 1.165) is 6.61 Å². The van der Waals surface area contributed by atoms with Crippen molar-refractivity contribution in [1.82, 2.24) is 0 Å². The van der Waals surface area contributed by atoms with Gasteiger partial charge in [0.25, 0.3) is 0 Å². The van der Waals surface area contributed by atoms with Gasteiger partial charge in [-0.3, -0.25) is 0 Å². The van der Waals surface area contributed by atoms with E-state index in [1.807, 2.05) is 11.8 Å². The number of fused-ring (bicyclic) bond motifs is 1. The summed E-state index contributed by atoms with van der Waals surface area (Å²) in [4.78, 5) is 5.02. The molecule has 0 aliphatic carbocycles. The molecule has 1 saturated heterocycles. The van der Waals surface area contributed by atoms with Gasteiger partial charge >= 0.3 is 0 Å². The average molecular weight is 157 g/mol. The van der Waals surface area contributed by atoms with Crippen molar-refractivity contribution in [2.75, 3.05) is 12.4 Å². The van der Waals surface area contributed by atoms with Gasteiger partial charge in [-0.1, -0.05) is 12.1 Å². The molecule has 0 N–H and O–H groups in total. The minimum absolute atomic E-state index is 0.648. The van der Waals surface area contributed by atoms with E-state index < -0.39 is 0 Å². The molecule has 56 valence electrons. The number of hydrogen-bond acceptors (Lipinski definition) is 3. The molecule has 0 aromatic rings. The van der Waals surface area contributed by atoms with Gasteiger partial charge in [-0.15, -0.1) is 0 Å². The molecule has 0 amide bonds. The molecule has 0 aromatic carbocycles. The SMILES string of the molecule is CCC1SCC2CON=C21. The van der Waals surface area contributed by atoms with E-state index in [0.29, 0.717) is 11.2 Å². The average Bonchev–Trinajstić information content (AvgIpc) is 2.44. The lowest BCUT2D eigenvalue weighted by atomic mass is 10.0. The number of thioether (sulfide) groups is 1. The number of rotatable bonds is 1. The normalized spacial score (nSPS) is 37.1. The summed E-state index contributed by atoms with van der Waals surface area (Å²) < 4.78 is 0. The summed E-state index contributed by atoms with van der Waals surface area (Å²) >= 11 is 2.02. The van der Waals surface area contributed by atoms with Gasteiger partial charge in [-0.05, 0) is 6.42 Å². The van der Waals surface area contributed by atoms with Crippen molar-refractivity contribution in [2.45, 2.75) is 18.6 Å². The molecule has 2 nitrogen and oxygen atoms in total. The van der Waals surface area contributed by atoms with Gasteiger partial charge in [-0.2, -0.15) is 11.8 Å². The van der Waals surface area contributed by atoms with E-state index in [9.17, 15) is 0 Å². The van der Waals surface area contributed by atoms with Crippen LogP contribution in [0.15, 0.2) is 5.16 Å². The molecule has 0 radical (unpaired) electrons. The fourth-order valence-electron chi connectivity index (χ4n) is 1.46. The Morgan fingerprint density at radius 2 is 2.70 bits per heavy atom. The summed E-state index contributed by atoms with van der Waals surface area (Å²) in [6.45, 7) is 3.04. The molecule has 0 spiro atoms. The second-order valence-corrected chi connectivity index (χ2v) is 3.97. The van der Waals surface area contributed by atoms with Crippen LogP contribution in [-0.4, -0.2) is 23.3 Å². The van der Waals surface area contributed by atoms with Crippen LogP contribution in [-0.2, 0) is 4.84 Å². The predicted octanol–water partition coefficient (Wildman–Crippen LogP) is 1.51. The Morgan fingerprint density at radius 3 is 3.50 bits per heavy atom. The smallest absolute Gasteiger partial charge is 0.126 e. The first kappa shape index (κ1) is 6.53. The van der Waals surface area contributed by atoms with Crippen LogP contribution in [0.5, 0.6) is 0 Å². The van der Waals surface area contributed by atoms with Crippen LogP contribution < -0.4 is 0 Å². The molecule has 1 fully saturated rings. The van der Waals surface area contributed by atoms with Crippen LogP contribution in [0.3, 0.4) is 0 Å². The third-order valence-corrected chi connectivity index (χ3v) is 3.64. The van der Waals surface area contributed by atoms with Gasteiger partial charge in [0, 0.05) is 16.9 Å². The summed E-state index contributed by atoms with van der Waals surface area (Å²) in [6, 6.07) is 0. The molecular formula is C7H11NOS. The summed E-state index contributed by atoms with van der Waals surface area (Å²) in [5.41, 5.74) is 1.31. The number of hydrogen-bond donors (Lipinski definition) is 0. The largest absolute Gasteiger partial charge is 0.395 e. The summed E-state index contributed by atoms with van der Waals surface area (Å²) in [5.74, 6) is 1.87. The Labute approximate surface area is 65.0 Å². The zero-order valence-electron chi connectivity index (χ0n) is 6.04. The van der Waals surface area contributed by atoms with E-state index in [-0.39, 0.29) is 0 Å². The lowest BCUT2D eigenvalue weighted by Crippen LogP contribution is -2.15. The molecule has 10 heavy (non-hydrogen) atoms. The Hall–Kier alpha value is -0.180. The van der Waals surface area contributed by atoms with E-state index >= 15 is 0 Å². The zero-order chi connectivity index (χ0) is 6.97. The fraction of sp³-hybridized carbons (Fsp3) is 0.857. The number of oxime groups is 1. The topological polar surface area (TPSA) is 21.6 Å². The van der Waals surface area contributed by atoms with Crippen molar-refractivity contribution in [1.29, 1.82) is 0 Å². The van der Waals surface area contributed by atoms with Crippen LogP contribution in [0.25, 0.3) is 0 Å². The molecule has 2 aliphatic heterocycles. The van der Waals surface area contributed by atoms with Crippen molar-refractivity contribution >= 4 is 17.5 Å². The molecule has 0 bridgehead atoms. The molecule has 2 unspecified atom stereocenters. The maximum absolute atomic E-state index is 5.02. The molecule has 2 aliphatic rings. The van der Waals surface area contributed by atoms with Gasteiger partial charge in [0.05, 0.1) is 5.71 Å². The molecule has 2 rings (SSSR count). The lowest BCUT2D eigenvalue weighted by Gasteiger charge is -2.01. The first-order chi connectivity index (χ1) is 4.92.